The van der Waals surface area contributed by atoms with E-state index in [0.717, 1.165) is 48.4 Å². The summed E-state index contributed by atoms with van der Waals surface area (Å²) in [5, 5.41) is 13.9. The minimum absolute atomic E-state index is 0.0397. The molecule has 30 heavy (non-hydrogen) atoms. The van der Waals surface area contributed by atoms with Crippen LogP contribution in [0.4, 0.5) is 11.4 Å². The number of nitrogens with one attached hydrogen (secondary N) is 1. The van der Waals surface area contributed by atoms with E-state index in [1.165, 1.54) is 12.1 Å². The van der Waals surface area contributed by atoms with Gasteiger partial charge in [0.1, 0.15) is 0 Å². The Kier molecular flexibility index (Phi) is 5.85. The molecule has 8 heteroatoms. The van der Waals surface area contributed by atoms with Crippen molar-refractivity contribution in [3.8, 4) is 11.5 Å². The van der Waals surface area contributed by atoms with Crippen LogP contribution in [0.15, 0.2) is 36.4 Å². The van der Waals surface area contributed by atoms with Crippen LogP contribution in [0.5, 0.6) is 11.5 Å². The number of carbonyl (C=O) groups excluding carboxylic acids is 1. The highest BCUT2D eigenvalue weighted by Gasteiger charge is 2.29. The molecule has 1 fully saturated rings. The average Bonchev–Trinajstić information content (AvgIpc) is 3.04. The normalized spacial score (nSPS) is 18.6. The standard InChI is InChI=1S/C22H25N3O5/c1-15-5-7-17(25(27)28)13-18(15)23-22(26)14-24-9-2-4-19(24)16-6-8-20-21(12-16)30-11-3-10-29-20/h5-8,12-13,19H,2-4,9-11,14H2,1H3,(H,23,26). The van der Waals surface area contributed by atoms with Crippen molar-refractivity contribution >= 4 is 17.3 Å². The first-order valence-corrected chi connectivity index (χ1v) is 10.2. The van der Waals surface area contributed by atoms with E-state index >= 15 is 0 Å². The summed E-state index contributed by atoms with van der Waals surface area (Å²) in [7, 11) is 0. The summed E-state index contributed by atoms with van der Waals surface area (Å²) in [6.45, 7) is 4.15. The first kappa shape index (κ1) is 20.2. The van der Waals surface area contributed by atoms with Crippen LogP contribution < -0.4 is 14.8 Å². The zero-order valence-electron chi connectivity index (χ0n) is 16.9. The zero-order valence-corrected chi connectivity index (χ0v) is 16.9. The van der Waals surface area contributed by atoms with E-state index in [2.05, 4.69) is 10.2 Å². The van der Waals surface area contributed by atoms with Gasteiger partial charge in [-0.1, -0.05) is 12.1 Å². The molecule has 2 heterocycles. The number of rotatable bonds is 5. The molecule has 0 spiro atoms. The third-order valence-corrected chi connectivity index (χ3v) is 5.57. The fourth-order valence-electron chi connectivity index (χ4n) is 4.01. The summed E-state index contributed by atoms with van der Waals surface area (Å²) in [6, 6.07) is 10.6. The number of hydrogen-bond donors (Lipinski definition) is 1. The van der Waals surface area contributed by atoms with Crippen LogP contribution >= 0.6 is 0 Å². The summed E-state index contributed by atoms with van der Waals surface area (Å²) in [5.74, 6) is 1.34. The first-order valence-electron chi connectivity index (χ1n) is 10.2. The minimum atomic E-state index is -0.463. The van der Waals surface area contributed by atoms with E-state index in [9.17, 15) is 14.9 Å². The number of benzene rings is 2. The molecule has 0 radical (unpaired) electrons. The number of anilines is 1. The molecule has 1 atom stereocenters. The van der Waals surface area contributed by atoms with E-state index in [4.69, 9.17) is 9.47 Å². The number of ether oxygens (including phenoxy) is 2. The van der Waals surface area contributed by atoms with Crippen LogP contribution in [0, 0.1) is 17.0 Å². The predicted molar refractivity (Wildman–Crippen MR) is 112 cm³/mol. The van der Waals surface area contributed by atoms with Crippen molar-refractivity contribution in [2.24, 2.45) is 0 Å². The van der Waals surface area contributed by atoms with Gasteiger partial charge in [-0.3, -0.25) is 19.8 Å². The van der Waals surface area contributed by atoms with Crippen LogP contribution in [0.25, 0.3) is 0 Å². The Labute approximate surface area is 174 Å². The van der Waals surface area contributed by atoms with Crippen molar-refractivity contribution in [3.05, 3.63) is 57.6 Å². The SMILES string of the molecule is Cc1ccc([N+](=O)[O-])cc1NC(=O)CN1CCCC1c1ccc2c(c1)OCCCO2. The highest BCUT2D eigenvalue weighted by atomic mass is 16.6. The highest BCUT2D eigenvalue weighted by Crippen LogP contribution is 2.37. The lowest BCUT2D eigenvalue weighted by molar-refractivity contribution is -0.384. The molecule has 2 aliphatic heterocycles. The summed E-state index contributed by atoms with van der Waals surface area (Å²) in [5.41, 5.74) is 2.33. The number of carbonyl (C=O) groups is 1. The van der Waals surface area contributed by atoms with Gasteiger partial charge in [-0.25, -0.2) is 0 Å². The molecule has 0 saturated carbocycles. The Morgan fingerprint density at radius 1 is 1.17 bits per heavy atom. The number of likely N-dealkylation sites (tertiary alicyclic amines) is 1. The molecule has 4 rings (SSSR count). The van der Waals surface area contributed by atoms with Crippen LogP contribution in [0.3, 0.4) is 0 Å². The minimum Gasteiger partial charge on any atom is -0.490 e. The van der Waals surface area contributed by atoms with Gasteiger partial charge in [-0.15, -0.1) is 0 Å². The third kappa shape index (κ3) is 4.38. The molecule has 2 aromatic carbocycles. The molecule has 2 aromatic rings. The Bertz CT molecular complexity index is 962. The zero-order chi connectivity index (χ0) is 21.1. The lowest BCUT2D eigenvalue weighted by Gasteiger charge is -2.25. The quantitative estimate of drug-likeness (QED) is 0.593. The number of non-ortho nitro benzene ring substituents is 1. The summed E-state index contributed by atoms with van der Waals surface area (Å²) in [4.78, 5) is 25.4. The van der Waals surface area contributed by atoms with Crippen molar-refractivity contribution in [1.82, 2.24) is 4.90 Å². The van der Waals surface area contributed by atoms with Gasteiger partial charge in [0.05, 0.1) is 30.4 Å². The summed E-state index contributed by atoms with van der Waals surface area (Å²) < 4.78 is 11.5. The molecular weight excluding hydrogens is 386 g/mol. The number of amides is 1. The third-order valence-electron chi connectivity index (χ3n) is 5.57. The number of hydrogen-bond acceptors (Lipinski definition) is 6. The van der Waals surface area contributed by atoms with Crippen molar-refractivity contribution in [1.29, 1.82) is 0 Å². The second-order valence-corrected chi connectivity index (χ2v) is 7.69. The number of nitrogens with zero attached hydrogens (tertiary/aromatic N) is 2. The lowest BCUT2D eigenvalue weighted by atomic mass is 10.0. The van der Waals surface area contributed by atoms with Gasteiger partial charge in [-0.05, 0) is 49.6 Å². The van der Waals surface area contributed by atoms with Gasteiger partial charge < -0.3 is 14.8 Å². The van der Waals surface area contributed by atoms with Gasteiger partial charge in [0, 0.05) is 24.6 Å². The van der Waals surface area contributed by atoms with Crippen molar-refractivity contribution < 1.29 is 19.2 Å². The maximum Gasteiger partial charge on any atom is 0.271 e. The van der Waals surface area contributed by atoms with Crippen LogP contribution in [-0.2, 0) is 4.79 Å². The fraction of sp³-hybridized carbons (Fsp3) is 0.409. The Morgan fingerprint density at radius 2 is 1.97 bits per heavy atom. The van der Waals surface area contributed by atoms with Crippen molar-refractivity contribution in [3.63, 3.8) is 0 Å². The molecular formula is C22H25N3O5. The number of aryl methyl sites for hydroxylation is 1. The van der Waals surface area contributed by atoms with Gasteiger partial charge >= 0.3 is 0 Å². The van der Waals surface area contributed by atoms with E-state index < -0.39 is 4.92 Å². The van der Waals surface area contributed by atoms with Gasteiger partial charge in [0.15, 0.2) is 11.5 Å². The number of nitro groups is 1. The molecule has 158 valence electrons. The first-order chi connectivity index (χ1) is 14.5. The van der Waals surface area contributed by atoms with E-state index in [1.807, 2.05) is 25.1 Å². The summed E-state index contributed by atoms with van der Waals surface area (Å²) in [6.07, 6.45) is 2.82. The molecule has 0 aromatic heterocycles. The van der Waals surface area contributed by atoms with E-state index in [0.29, 0.717) is 18.9 Å². The number of fused-ring (bicyclic) bond motifs is 1. The molecule has 0 bridgehead atoms. The maximum absolute atomic E-state index is 12.7. The molecule has 1 N–H and O–H groups in total. The average molecular weight is 411 g/mol. The Hall–Kier alpha value is -3.13. The number of nitro benzene ring substituents is 1. The molecule has 0 aliphatic carbocycles. The lowest BCUT2D eigenvalue weighted by Crippen LogP contribution is -2.33. The molecule has 1 saturated heterocycles. The molecule has 2 aliphatic rings. The Morgan fingerprint density at radius 3 is 2.77 bits per heavy atom. The van der Waals surface area contributed by atoms with Crippen molar-refractivity contribution in [2.45, 2.75) is 32.2 Å². The summed E-state index contributed by atoms with van der Waals surface area (Å²) >= 11 is 0. The largest absolute Gasteiger partial charge is 0.490 e. The van der Waals surface area contributed by atoms with Gasteiger partial charge in [0.25, 0.3) is 5.69 Å². The van der Waals surface area contributed by atoms with Crippen molar-refractivity contribution in [2.75, 3.05) is 31.6 Å². The molecule has 8 nitrogen and oxygen atoms in total. The van der Waals surface area contributed by atoms with E-state index in [-0.39, 0.29) is 24.2 Å². The topological polar surface area (TPSA) is 93.9 Å². The monoisotopic (exact) mass is 411 g/mol. The van der Waals surface area contributed by atoms with Crippen LogP contribution in [0.1, 0.15) is 36.4 Å². The van der Waals surface area contributed by atoms with Gasteiger partial charge in [-0.2, -0.15) is 0 Å². The smallest absolute Gasteiger partial charge is 0.271 e. The van der Waals surface area contributed by atoms with Crippen LogP contribution in [-0.4, -0.2) is 42.0 Å². The predicted octanol–water partition coefficient (Wildman–Crippen LogP) is 3.84. The fourth-order valence-corrected chi connectivity index (χ4v) is 4.01. The molecule has 1 unspecified atom stereocenters. The van der Waals surface area contributed by atoms with E-state index in [1.54, 1.807) is 6.07 Å². The second-order valence-electron chi connectivity index (χ2n) is 7.69. The maximum atomic E-state index is 12.7. The van der Waals surface area contributed by atoms with Gasteiger partial charge in [0.2, 0.25) is 5.91 Å². The second kappa shape index (κ2) is 8.71. The Balaban J connectivity index is 1.46. The highest BCUT2D eigenvalue weighted by molar-refractivity contribution is 5.93. The molecule has 1 amide bonds. The van der Waals surface area contributed by atoms with Crippen LogP contribution in [0.2, 0.25) is 0 Å².